The number of nitrogen functional groups attached to an aromatic ring is 1. The van der Waals surface area contributed by atoms with E-state index in [1.165, 1.54) is 34.8 Å². The number of nitrogens with zero attached hydrogens (tertiary/aromatic N) is 7. The third kappa shape index (κ3) is 14.9. The first-order chi connectivity index (χ1) is 21.3. The van der Waals surface area contributed by atoms with Crippen molar-refractivity contribution in [2.45, 2.75) is 13.8 Å². The lowest BCUT2D eigenvalue weighted by molar-refractivity contribution is -0.384. The first kappa shape index (κ1) is 36.5. The van der Waals surface area contributed by atoms with Crippen LogP contribution < -0.4 is 11.1 Å². The zero-order valence-electron chi connectivity index (χ0n) is 22.5. The number of nitro benzene ring substituents is 1. The van der Waals surface area contributed by atoms with E-state index in [0.717, 1.165) is 22.0 Å². The van der Waals surface area contributed by atoms with Gasteiger partial charge in [0.15, 0.2) is 10.3 Å². The van der Waals surface area contributed by atoms with E-state index in [-0.39, 0.29) is 9.97 Å². The Balaban J connectivity index is -0.000000670. The molecule has 0 aliphatic heterocycles. The number of thiol groups is 2. The molecule has 4 N–H and O–H groups in total. The Kier molecular flexibility index (Phi) is 18.3. The maximum atomic E-state index is 10.6. The number of hydrogen-bond acceptors (Lipinski definition) is 14. The van der Waals surface area contributed by atoms with Crippen molar-refractivity contribution in [3.8, 4) is 82.1 Å². The summed E-state index contributed by atoms with van der Waals surface area (Å²) in [6, 6.07) is 6.19. The molecule has 0 aliphatic rings. The summed E-state index contributed by atoms with van der Waals surface area (Å²) in [5.74, 6) is 26.9. The van der Waals surface area contributed by atoms with Gasteiger partial charge in [-0.2, -0.15) is 14.1 Å². The van der Waals surface area contributed by atoms with Crippen LogP contribution in [0.4, 0.5) is 21.6 Å². The van der Waals surface area contributed by atoms with E-state index in [2.05, 4.69) is 130 Å². The predicted molar refractivity (Wildman–Crippen MR) is 180 cm³/mol. The molecule has 0 saturated carbocycles. The van der Waals surface area contributed by atoms with Gasteiger partial charge in [0.1, 0.15) is 0 Å². The lowest BCUT2D eigenvalue weighted by atomic mass is 10.3. The first-order valence-electron chi connectivity index (χ1n) is 11.1. The summed E-state index contributed by atoms with van der Waals surface area (Å²) in [5, 5.41) is 25.6. The molecular weight excluding hydrogens is 645 g/mol. The summed E-state index contributed by atoms with van der Waals surface area (Å²) < 4.78 is 8.05. The molecule has 14 nitrogen and oxygen atoms in total. The number of non-ortho nitro benzene ring substituents is 1. The number of thiazole rings is 2. The third-order valence-electron chi connectivity index (χ3n) is 3.87. The molecule has 1 aromatic carbocycles. The van der Waals surface area contributed by atoms with Crippen LogP contribution in [0.3, 0.4) is 0 Å². The molecule has 0 saturated heterocycles. The molecule has 2 aromatic heterocycles. The van der Waals surface area contributed by atoms with Crippen LogP contribution in [-0.4, -0.2) is 20.2 Å². The summed E-state index contributed by atoms with van der Waals surface area (Å²) in [6.07, 6.45) is 4.86. The van der Waals surface area contributed by atoms with Crippen LogP contribution in [0, 0.1) is 94.1 Å². The number of rotatable bonds is 8. The van der Waals surface area contributed by atoms with Crippen LogP contribution in [0.1, 0.15) is 16.9 Å². The van der Waals surface area contributed by atoms with Gasteiger partial charge in [-0.1, -0.05) is 17.3 Å². The highest BCUT2D eigenvalue weighted by atomic mass is 32.1. The van der Waals surface area contributed by atoms with Gasteiger partial charge in [0.05, 0.1) is 21.2 Å². The predicted octanol–water partition coefficient (Wildman–Crippen LogP) is 6.36. The molecule has 18 heteroatoms. The van der Waals surface area contributed by atoms with Gasteiger partial charge in [0.2, 0.25) is 0 Å². The zero-order chi connectivity index (χ0) is 32.6. The molecule has 0 bridgehead atoms. The second kappa shape index (κ2) is 22.1. The van der Waals surface area contributed by atoms with E-state index >= 15 is 0 Å². The fourth-order valence-electron chi connectivity index (χ4n) is 2.30. The van der Waals surface area contributed by atoms with Crippen LogP contribution >= 0.6 is 48.5 Å². The van der Waals surface area contributed by atoms with Crippen molar-refractivity contribution < 1.29 is 17.8 Å². The van der Waals surface area contributed by atoms with Crippen molar-refractivity contribution in [3.63, 3.8) is 0 Å². The highest BCUT2D eigenvalue weighted by molar-refractivity contribution is 7.75. The number of hydrogen-bond donors (Lipinski definition) is 5. The van der Waals surface area contributed by atoms with Crippen molar-refractivity contribution in [3.05, 3.63) is 45.5 Å². The Hall–Kier alpha value is -5.54. The highest BCUT2D eigenvalue weighted by Gasteiger charge is 2.12. The average molecular weight is 669 g/mol. The van der Waals surface area contributed by atoms with E-state index < -0.39 is 4.92 Å². The molecule has 226 valence electrons. The lowest BCUT2D eigenvalue weighted by Crippen LogP contribution is -2.06. The number of nitro groups is 1. The largest absolute Gasteiger partial charge is 0.375 e. The Bertz CT molecular complexity index is 1820. The highest BCUT2D eigenvalue weighted by Crippen LogP contribution is 2.34. The number of aryl methyl sites for hydroxylation is 1. The van der Waals surface area contributed by atoms with Crippen molar-refractivity contribution in [2.75, 3.05) is 11.1 Å². The Labute approximate surface area is 276 Å². The molecule has 0 unspecified atom stereocenters. The van der Waals surface area contributed by atoms with Gasteiger partial charge in [-0.15, -0.1) is 17.8 Å². The number of aromatic nitrogens is 2. The Morgan fingerprint density at radius 2 is 1.68 bits per heavy atom. The number of nitrogens with one attached hydrogen (secondary N) is 2. The summed E-state index contributed by atoms with van der Waals surface area (Å²) in [6.45, 7) is 3.60. The van der Waals surface area contributed by atoms with E-state index in [1.54, 1.807) is 19.1 Å². The minimum absolute atomic E-state index is 0. The summed E-state index contributed by atoms with van der Waals surface area (Å²) in [5.41, 5.74) is 14.3. The van der Waals surface area contributed by atoms with Gasteiger partial charge in [-0.25, -0.2) is 9.97 Å². The normalized spacial score (nSPS) is 8.43. The topological polar surface area (TPSA) is 190 Å². The van der Waals surface area contributed by atoms with Crippen molar-refractivity contribution in [1.82, 2.24) is 15.3 Å². The smallest absolute Gasteiger partial charge is 0.269 e. The minimum Gasteiger partial charge on any atom is -0.375 e. The summed E-state index contributed by atoms with van der Waals surface area (Å²) in [7, 11) is 0. The number of benzene rings is 1. The van der Waals surface area contributed by atoms with Crippen LogP contribution in [0.2, 0.25) is 0 Å². The molecule has 0 amide bonds. The van der Waals surface area contributed by atoms with Gasteiger partial charge >= 0.3 is 0 Å². The molecule has 0 aliphatic carbocycles. The van der Waals surface area contributed by atoms with Gasteiger partial charge in [0, 0.05) is 63.9 Å². The van der Waals surface area contributed by atoms with Crippen molar-refractivity contribution >= 4 is 70.1 Å². The van der Waals surface area contributed by atoms with Gasteiger partial charge in [-0.3, -0.25) is 10.1 Å². The molecule has 3 aromatic rings. The van der Waals surface area contributed by atoms with Gasteiger partial charge in [0.25, 0.3) is 5.69 Å². The van der Waals surface area contributed by atoms with Gasteiger partial charge in [-0.05, 0) is 95.6 Å². The standard InChI is InChI=1S/C13H11N5O2S2.C13H4.H3N5O2S2.3H2/c1-7-11(22-12(14)15-7)10-6-21-13(17-10)16-8-2-4-9(5-3-8)18(19)20;1-3-5-7-9-11-13-12-10-8-6-4-2;1-2-3-4-5(6-8)7-9;;;/h2-6H,1H3,(H2,14,15)(H,16,17);1H,2H3;1,8-9H;3*1H/b;;2-1?,4-3+;;;. The molecule has 3 rings (SSSR count). The van der Waals surface area contributed by atoms with E-state index in [0.29, 0.717) is 15.6 Å². The fourth-order valence-corrected chi connectivity index (χ4v) is 4.07. The van der Waals surface area contributed by atoms with Crippen molar-refractivity contribution in [1.29, 1.82) is 5.53 Å². The number of nitrogens with two attached hydrogens (primary N) is 1. The minimum atomic E-state index is -0.428. The van der Waals surface area contributed by atoms with E-state index in [1.807, 2.05) is 12.3 Å². The Morgan fingerprint density at radius 1 is 1.09 bits per heavy atom. The van der Waals surface area contributed by atoms with E-state index in [9.17, 15) is 10.1 Å². The maximum Gasteiger partial charge on any atom is 0.269 e. The molecular formula is C26H24N10O4S4. The molecule has 0 fully saturated rings. The summed E-state index contributed by atoms with van der Waals surface area (Å²) >= 11 is 9.38. The molecule has 0 radical (unpaired) electrons. The van der Waals surface area contributed by atoms with Gasteiger partial charge < -0.3 is 11.1 Å². The monoisotopic (exact) mass is 668 g/mol. The third-order valence-corrected chi connectivity index (χ3v) is 5.92. The quantitative estimate of drug-likeness (QED) is 0.0454. The maximum absolute atomic E-state index is 10.6. The van der Waals surface area contributed by atoms with Crippen LogP contribution in [0.25, 0.3) is 10.6 Å². The molecule has 2 heterocycles. The number of terminal acetylenes is 1. The van der Waals surface area contributed by atoms with E-state index in [4.69, 9.17) is 17.7 Å². The SMILES string of the molecule is C#CC#CC#CC#CC#CC#CC.Cc1nc(N)sc1-c1csc(Nc2ccc([N+](=O)[O-])cc2)n1.N=N/N=N/N(OS)OS.[HH].[HH].[HH]. The summed E-state index contributed by atoms with van der Waals surface area (Å²) in [4.78, 5) is 19.8. The molecule has 44 heavy (non-hydrogen) atoms. The number of anilines is 3. The first-order valence-corrected chi connectivity index (χ1v) is 13.5. The van der Waals surface area contributed by atoms with Crippen molar-refractivity contribution in [2.24, 2.45) is 15.7 Å². The average Bonchev–Trinajstić information content (AvgIpc) is 3.62. The lowest BCUT2D eigenvalue weighted by Gasteiger charge is -2.03. The molecule has 0 spiro atoms. The van der Waals surface area contributed by atoms with Crippen LogP contribution in [0.15, 0.2) is 45.3 Å². The zero-order valence-corrected chi connectivity index (χ0v) is 25.9. The Morgan fingerprint density at radius 3 is 2.16 bits per heavy atom. The van der Waals surface area contributed by atoms with Crippen LogP contribution in [0.5, 0.6) is 0 Å². The fraction of sp³-hybridized carbons (Fsp3) is 0.0769. The molecule has 0 atom stereocenters. The second-order valence-electron chi connectivity index (χ2n) is 6.63. The second-order valence-corrected chi connectivity index (χ2v) is 8.85. The van der Waals surface area contributed by atoms with Crippen LogP contribution in [-0.2, 0) is 8.57 Å².